The minimum atomic E-state index is -0.332. The van der Waals surface area contributed by atoms with Crippen molar-refractivity contribution in [1.29, 1.82) is 0 Å². The normalized spacial score (nSPS) is 17.7. The highest BCUT2D eigenvalue weighted by Crippen LogP contribution is 2.22. The van der Waals surface area contributed by atoms with Gasteiger partial charge in [0.05, 0.1) is 29.3 Å². The largest absolute Gasteiger partial charge is 0.450 e. The molecule has 0 aliphatic carbocycles. The number of rotatable bonds is 4. The lowest BCUT2D eigenvalue weighted by molar-refractivity contribution is -0.126. The molecule has 1 aliphatic rings. The van der Waals surface area contributed by atoms with E-state index in [4.69, 9.17) is 4.74 Å². The van der Waals surface area contributed by atoms with E-state index in [0.29, 0.717) is 26.2 Å². The highest BCUT2D eigenvalue weighted by atomic mass is 32.1. The maximum absolute atomic E-state index is 12.4. The number of para-hydroxylation sites is 1. The molecule has 1 aliphatic heterocycles. The molecule has 0 saturated carbocycles. The van der Waals surface area contributed by atoms with Crippen LogP contribution in [0.5, 0.6) is 0 Å². The Balaban J connectivity index is 1.55. The van der Waals surface area contributed by atoms with Crippen LogP contribution in [0.4, 0.5) is 4.79 Å². The van der Waals surface area contributed by atoms with Crippen LogP contribution in [0.25, 0.3) is 10.2 Å². The first kappa shape index (κ1) is 16.7. The average molecular weight is 347 g/mol. The predicted octanol–water partition coefficient (Wildman–Crippen LogP) is 2.78. The maximum atomic E-state index is 12.4. The fourth-order valence-corrected chi connectivity index (χ4v) is 3.78. The predicted molar refractivity (Wildman–Crippen MR) is 92.8 cm³/mol. The summed E-state index contributed by atoms with van der Waals surface area (Å²) in [6.45, 7) is 3.63. The third-order valence-electron chi connectivity index (χ3n) is 4.07. The number of aromatic nitrogens is 1. The van der Waals surface area contributed by atoms with Crippen LogP contribution in [-0.2, 0) is 16.1 Å². The number of benzene rings is 1. The molecule has 0 spiro atoms. The molecule has 24 heavy (non-hydrogen) atoms. The number of hydrogen-bond donors (Lipinski definition) is 1. The Kier molecular flexibility index (Phi) is 5.30. The summed E-state index contributed by atoms with van der Waals surface area (Å²) in [6, 6.07) is 7.93. The van der Waals surface area contributed by atoms with Crippen LogP contribution in [0.15, 0.2) is 24.3 Å². The number of carbonyl (C=O) groups excluding carboxylic acids is 2. The van der Waals surface area contributed by atoms with Gasteiger partial charge in [-0.05, 0) is 31.9 Å². The van der Waals surface area contributed by atoms with Crippen LogP contribution in [-0.4, -0.2) is 41.6 Å². The lowest BCUT2D eigenvalue weighted by Crippen LogP contribution is -2.45. The number of fused-ring (bicyclic) bond motifs is 1. The number of piperidine rings is 1. The van der Waals surface area contributed by atoms with E-state index in [0.717, 1.165) is 28.1 Å². The summed E-state index contributed by atoms with van der Waals surface area (Å²) in [6.07, 6.45) is 1.28. The first-order valence-electron chi connectivity index (χ1n) is 8.21. The SMILES string of the molecule is CCOC(=O)N1CCCC(C(=O)NCc2nc3ccccc3s2)C1. The van der Waals surface area contributed by atoms with Gasteiger partial charge in [0, 0.05) is 13.1 Å². The van der Waals surface area contributed by atoms with Crippen LogP contribution in [0.3, 0.4) is 0 Å². The van der Waals surface area contributed by atoms with Gasteiger partial charge in [0.2, 0.25) is 5.91 Å². The van der Waals surface area contributed by atoms with Gasteiger partial charge in [0.15, 0.2) is 0 Å². The van der Waals surface area contributed by atoms with E-state index in [1.807, 2.05) is 24.3 Å². The molecule has 1 unspecified atom stereocenters. The fourth-order valence-electron chi connectivity index (χ4n) is 2.87. The molecule has 0 radical (unpaired) electrons. The molecule has 1 atom stereocenters. The van der Waals surface area contributed by atoms with Crippen LogP contribution >= 0.6 is 11.3 Å². The number of thiazole rings is 1. The summed E-state index contributed by atoms with van der Waals surface area (Å²) in [5.41, 5.74) is 0.956. The molecule has 7 heteroatoms. The van der Waals surface area contributed by atoms with E-state index in [-0.39, 0.29) is 17.9 Å². The lowest BCUT2D eigenvalue weighted by atomic mass is 9.97. The molecule has 2 aromatic rings. The summed E-state index contributed by atoms with van der Waals surface area (Å²) < 4.78 is 6.14. The third kappa shape index (κ3) is 3.84. The topological polar surface area (TPSA) is 71.5 Å². The van der Waals surface area contributed by atoms with Crippen molar-refractivity contribution in [2.24, 2.45) is 5.92 Å². The molecule has 6 nitrogen and oxygen atoms in total. The molecular weight excluding hydrogens is 326 g/mol. The monoisotopic (exact) mass is 347 g/mol. The van der Waals surface area contributed by atoms with Crippen molar-refractivity contribution < 1.29 is 14.3 Å². The van der Waals surface area contributed by atoms with E-state index < -0.39 is 0 Å². The molecule has 3 rings (SSSR count). The minimum Gasteiger partial charge on any atom is -0.450 e. The Morgan fingerprint density at radius 2 is 2.25 bits per heavy atom. The number of carbonyl (C=O) groups is 2. The summed E-state index contributed by atoms with van der Waals surface area (Å²) in [5.74, 6) is -0.208. The van der Waals surface area contributed by atoms with Crippen LogP contribution in [0, 0.1) is 5.92 Å². The highest BCUT2D eigenvalue weighted by molar-refractivity contribution is 7.18. The molecule has 1 saturated heterocycles. The second-order valence-electron chi connectivity index (χ2n) is 5.78. The van der Waals surface area contributed by atoms with Gasteiger partial charge in [0.1, 0.15) is 5.01 Å². The Bertz CT molecular complexity index is 698. The van der Waals surface area contributed by atoms with Gasteiger partial charge in [-0.1, -0.05) is 12.1 Å². The number of hydrogen-bond acceptors (Lipinski definition) is 5. The number of amides is 2. The zero-order valence-corrected chi connectivity index (χ0v) is 14.5. The molecular formula is C17H21N3O3S. The molecule has 128 valence electrons. The van der Waals surface area contributed by atoms with Gasteiger partial charge in [-0.15, -0.1) is 11.3 Å². The van der Waals surface area contributed by atoms with Gasteiger partial charge < -0.3 is 15.0 Å². The summed E-state index contributed by atoms with van der Waals surface area (Å²) in [4.78, 5) is 30.3. The number of ether oxygens (including phenoxy) is 1. The second kappa shape index (κ2) is 7.61. The first-order valence-corrected chi connectivity index (χ1v) is 9.03. The second-order valence-corrected chi connectivity index (χ2v) is 6.89. The smallest absolute Gasteiger partial charge is 0.409 e. The molecule has 2 amide bonds. The summed E-state index contributed by atoms with van der Waals surface area (Å²) in [7, 11) is 0. The van der Waals surface area contributed by atoms with Gasteiger partial charge in [-0.25, -0.2) is 9.78 Å². The average Bonchev–Trinajstić information content (AvgIpc) is 3.03. The quantitative estimate of drug-likeness (QED) is 0.923. The molecule has 2 heterocycles. The lowest BCUT2D eigenvalue weighted by Gasteiger charge is -2.31. The van der Waals surface area contributed by atoms with Gasteiger partial charge in [0.25, 0.3) is 0 Å². The summed E-state index contributed by atoms with van der Waals surface area (Å²) in [5, 5.41) is 3.84. The van der Waals surface area contributed by atoms with Crippen LogP contribution in [0.1, 0.15) is 24.8 Å². The molecule has 0 bridgehead atoms. The highest BCUT2D eigenvalue weighted by Gasteiger charge is 2.29. The standard InChI is InChI=1S/C17H21N3O3S/c1-2-23-17(22)20-9-5-6-12(11-20)16(21)18-10-15-19-13-7-3-4-8-14(13)24-15/h3-4,7-8,12H,2,5-6,9-11H2,1H3,(H,18,21). The Hall–Kier alpha value is -2.15. The van der Waals surface area contributed by atoms with Gasteiger partial charge in [-0.2, -0.15) is 0 Å². The van der Waals surface area contributed by atoms with Crippen molar-refractivity contribution in [3.63, 3.8) is 0 Å². The van der Waals surface area contributed by atoms with Gasteiger partial charge >= 0.3 is 6.09 Å². The van der Waals surface area contributed by atoms with Crippen molar-refractivity contribution in [2.75, 3.05) is 19.7 Å². The summed E-state index contributed by atoms with van der Waals surface area (Å²) >= 11 is 1.59. The number of nitrogens with one attached hydrogen (secondary N) is 1. The minimum absolute atomic E-state index is 0.0248. The van der Waals surface area contributed by atoms with Crippen molar-refractivity contribution in [2.45, 2.75) is 26.3 Å². The van der Waals surface area contributed by atoms with Crippen molar-refractivity contribution in [3.8, 4) is 0 Å². The van der Waals surface area contributed by atoms with E-state index in [1.54, 1.807) is 23.2 Å². The van der Waals surface area contributed by atoms with E-state index in [2.05, 4.69) is 10.3 Å². The Morgan fingerprint density at radius 3 is 3.04 bits per heavy atom. The number of likely N-dealkylation sites (tertiary alicyclic amines) is 1. The van der Waals surface area contributed by atoms with E-state index in [9.17, 15) is 9.59 Å². The third-order valence-corrected chi connectivity index (χ3v) is 5.11. The molecule has 1 fully saturated rings. The molecule has 1 aromatic heterocycles. The fraction of sp³-hybridized carbons (Fsp3) is 0.471. The first-order chi connectivity index (χ1) is 11.7. The zero-order chi connectivity index (χ0) is 16.9. The van der Waals surface area contributed by atoms with Crippen molar-refractivity contribution in [1.82, 2.24) is 15.2 Å². The Labute approximate surface area is 144 Å². The Morgan fingerprint density at radius 1 is 1.42 bits per heavy atom. The van der Waals surface area contributed by atoms with Crippen LogP contribution in [0.2, 0.25) is 0 Å². The van der Waals surface area contributed by atoms with Gasteiger partial charge in [-0.3, -0.25) is 4.79 Å². The zero-order valence-electron chi connectivity index (χ0n) is 13.7. The molecule has 1 N–H and O–H groups in total. The van der Waals surface area contributed by atoms with Crippen molar-refractivity contribution >= 4 is 33.6 Å². The van der Waals surface area contributed by atoms with E-state index >= 15 is 0 Å². The van der Waals surface area contributed by atoms with E-state index in [1.165, 1.54) is 0 Å². The van der Waals surface area contributed by atoms with Crippen molar-refractivity contribution in [3.05, 3.63) is 29.3 Å². The molecule has 1 aromatic carbocycles. The number of nitrogens with zero attached hydrogens (tertiary/aromatic N) is 2. The maximum Gasteiger partial charge on any atom is 0.409 e. The van der Waals surface area contributed by atoms with Crippen LogP contribution < -0.4 is 5.32 Å².